The largest absolute Gasteiger partial charge is 0.317 e. The lowest BCUT2D eigenvalue weighted by atomic mass is 9.90. The molecule has 1 aliphatic heterocycles. The summed E-state index contributed by atoms with van der Waals surface area (Å²) < 4.78 is 1.40. The van der Waals surface area contributed by atoms with Crippen LogP contribution in [0.1, 0.15) is 29.9 Å². The van der Waals surface area contributed by atoms with Gasteiger partial charge in [-0.2, -0.15) is 0 Å². The fourth-order valence-electron chi connectivity index (χ4n) is 2.02. The molecule has 1 nitrogen and oxygen atoms in total. The lowest BCUT2D eigenvalue weighted by molar-refractivity contribution is 0.460. The smallest absolute Gasteiger partial charge is 0.0162 e. The third-order valence-corrected chi connectivity index (χ3v) is 4.17. The van der Waals surface area contributed by atoms with Gasteiger partial charge in [0, 0.05) is 3.57 Å². The van der Waals surface area contributed by atoms with Gasteiger partial charge in [0.1, 0.15) is 0 Å². The van der Waals surface area contributed by atoms with Crippen LogP contribution in [0.25, 0.3) is 0 Å². The van der Waals surface area contributed by atoms with E-state index in [1.165, 1.54) is 40.6 Å². The Bertz CT molecular complexity index is 316. The first-order valence-corrected chi connectivity index (χ1v) is 6.32. The third kappa shape index (κ3) is 2.28. The van der Waals surface area contributed by atoms with Crippen molar-refractivity contribution in [3.05, 3.63) is 32.9 Å². The fourth-order valence-corrected chi connectivity index (χ4v) is 2.56. The van der Waals surface area contributed by atoms with Crippen molar-refractivity contribution >= 4 is 22.6 Å². The molecule has 76 valence electrons. The first-order valence-electron chi connectivity index (χ1n) is 5.24. The quantitative estimate of drug-likeness (QED) is 0.786. The molecule has 0 bridgehead atoms. The summed E-state index contributed by atoms with van der Waals surface area (Å²) in [5, 5.41) is 3.41. The normalized spacial score (nSPS) is 18.4. The van der Waals surface area contributed by atoms with Crippen LogP contribution in [0.15, 0.2) is 18.2 Å². The number of nitrogens with one attached hydrogen (secondary N) is 1. The molecule has 0 atom stereocenters. The number of aryl methyl sites for hydroxylation is 1. The van der Waals surface area contributed by atoms with Crippen LogP contribution in [0.2, 0.25) is 0 Å². The van der Waals surface area contributed by atoms with Gasteiger partial charge < -0.3 is 5.32 Å². The Balaban J connectivity index is 2.18. The number of piperidine rings is 1. The fraction of sp³-hybridized carbons (Fsp3) is 0.500. The average molecular weight is 301 g/mol. The summed E-state index contributed by atoms with van der Waals surface area (Å²) in [6.45, 7) is 4.53. The van der Waals surface area contributed by atoms with Gasteiger partial charge in [0.2, 0.25) is 0 Å². The molecular weight excluding hydrogens is 285 g/mol. The number of hydrogen-bond donors (Lipinski definition) is 1. The van der Waals surface area contributed by atoms with Crippen LogP contribution in [0.3, 0.4) is 0 Å². The van der Waals surface area contributed by atoms with E-state index in [4.69, 9.17) is 0 Å². The highest BCUT2D eigenvalue weighted by molar-refractivity contribution is 14.1. The van der Waals surface area contributed by atoms with Gasteiger partial charge in [-0.3, -0.25) is 0 Å². The van der Waals surface area contributed by atoms with Crippen LogP contribution in [0.4, 0.5) is 0 Å². The Hall–Kier alpha value is -0.0900. The first kappa shape index (κ1) is 10.4. The van der Waals surface area contributed by atoms with Gasteiger partial charge in [-0.1, -0.05) is 12.1 Å². The summed E-state index contributed by atoms with van der Waals surface area (Å²) in [5.41, 5.74) is 2.92. The molecule has 1 aromatic rings. The molecule has 1 aliphatic rings. The summed E-state index contributed by atoms with van der Waals surface area (Å²) in [5.74, 6) is 0.783. The molecule has 0 amide bonds. The highest BCUT2D eigenvalue weighted by Gasteiger charge is 2.15. The van der Waals surface area contributed by atoms with Crippen LogP contribution in [0, 0.1) is 10.5 Å². The van der Waals surface area contributed by atoms with Crippen molar-refractivity contribution in [3.63, 3.8) is 0 Å². The van der Waals surface area contributed by atoms with E-state index in [-0.39, 0.29) is 0 Å². The van der Waals surface area contributed by atoms with Crippen molar-refractivity contribution in [3.8, 4) is 0 Å². The van der Waals surface area contributed by atoms with E-state index in [0.717, 1.165) is 5.92 Å². The molecule has 1 saturated heterocycles. The van der Waals surface area contributed by atoms with Crippen molar-refractivity contribution in [2.75, 3.05) is 13.1 Å². The summed E-state index contributed by atoms with van der Waals surface area (Å²) in [6, 6.07) is 6.90. The summed E-state index contributed by atoms with van der Waals surface area (Å²) >= 11 is 2.43. The van der Waals surface area contributed by atoms with E-state index >= 15 is 0 Å². The summed E-state index contributed by atoms with van der Waals surface area (Å²) in [6.07, 6.45) is 2.58. The maximum Gasteiger partial charge on any atom is 0.0162 e. The average Bonchev–Trinajstić information content (AvgIpc) is 2.23. The van der Waals surface area contributed by atoms with Crippen molar-refractivity contribution in [2.45, 2.75) is 25.7 Å². The second kappa shape index (κ2) is 4.62. The first-order chi connectivity index (χ1) is 6.77. The Kier molecular flexibility index (Phi) is 3.44. The van der Waals surface area contributed by atoms with Gasteiger partial charge in [0.05, 0.1) is 0 Å². The van der Waals surface area contributed by atoms with E-state index in [1.807, 2.05) is 0 Å². The molecule has 0 radical (unpaired) electrons. The third-order valence-electron chi connectivity index (χ3n) is 3.01. The molecule has 1 heterocycles. The molecule has 2 rings (SSSR count). The molecule has 0 aromatic heterocycles. The Morgan fingerprint density at radius 1 is 1.29 bits per heavy atom. The molecule has 1 N–H and O–H groups in total. The highest BCUT2D eigenvalue weighted by atomic mass is 127. The predicted octanol–water partition coefficient (Wildman–Crippen LogP) is 3.07. The van der Waals surface area contributed by atoms with Crippen LogP contribution in [-0.4, -0.2) is 13.1 Å². The molecular formula is C12H16IN. The minimum atomic E-state index is 0.783. The molecule has 0 unspecified atom stereocenters. The number of hydrogen-bond acceptors (Lipinski definition) is 1. The van der Waals surface area contributed by atoms with Gasteiger partial charge in [-0.25, -0.2) is 0 Å². The lowest BCUT2D eigenvalue weighted by Gasteiger charge is -2.23. The number of benzene rings is 1. The van der Waals surface area contributed by atoms with Gasteiger partial charge in [0.15, 0.2) is 0 Å². The van der Waals surface area contributed by atoms with Crippen LogP contribution >= 0.6 is 22.6 Å². The van der Waals surface area contributed by atoms with E-state index in [1.54, 1.807) is 0 Å². The molecule has 14 heavy (non-hydrogen) atoms. The molecule has 2 heteroatoms. The summed E-state index contributed by atoms with van der Waals surface area (Å²) in [4.78, 5) is 0. The maximum atomic E-state index is 3.41. The second-order valence-electron chi connectivity index (χ2n) is 4.03. The minimum Gasteiger partial charge on any atom is -0.317 e. The zero-order valence-electron chi connectivity index (χ0n) is 8.52. The molecule has 0 aliphatic carbocycles. The Morgan fingerprint density at radius 3 is 2.64 bits per heavy atom. The predicted molar refractivity (Wildman–Crippen MR) is 68.7 cm³/mol. The Labute approximate surface area is 99.4 Å². The van der Waals surface area contributed by atoms with Gasteiger partial charge in [-0.05, 0) is 78.6 Å². The topological polar surface area (TPSA) is 12.0 Å². The van der Waals surface area contributed by atoms with Crippen LogP contribution < -0.4 is 5.32 Å². The van der Waals surface area contributed by atoms with Crippen molar-refractivity contribution in [1.82, 2.24) is 5.32 Å². The SMILES string of the molecule is Cc1ccc(C2CCNCC2)cc1I. The molecule has 0 saturated carbocycles. The lowest BCUT2D eigenvalue weighted by Crippen LogP contribution is -2.26. The molecule has 1 aromatic carbocycles. The standard InChI is InChI=1S/C12H16IN/c1-9-2-3-11(8-12(9)13)10-4-6-14-7-5-10/h2-3,8,10,14H,4-7H2,1H3. The summed E-state index contributed by atoms with van der Waals surface area (Å²) in [7, 11) is 0. The van der Waals surface area contributed by atoms with E-state index in [0.29, 0.717) is 0 Å². The van der Waals surface area contributed by atoms with E-state index in [2.05, 4.69) is 53.0 Å². The molecule has 1 fully saturated rings. The van der Waals surface area contributed by atoms with E-state index in [9.17, 15) is 0 Å². The van der Waals surface area contributed by atoms with Gasteiger partial charge in [-0.15, -0.1) is 0 Å². The Morgan fingerprint density at radius 2 is 2.00 bits per heavy atom. The zero-order valence-corrected chi connectivity index (χ0v) is 10.7. The van der Waals surface area contributed by atoms with Crippen molar-refractivity contribution < 1.29 is 0 Å². The van der Waals surface area contributed by atoms with Crippen molar-refractivity contribution in [1.29, 1.82) is 0 Å². The highest BCUT2D eigenvalue weighted by Crippen LogP contribution is 2.27. The molecule has 0 spiro atoms. The van der Waals surface area contributed by atoms with Crippen molar-refractivity contribution in [2.24, 2.45) is 0 Å². The number of rotatable bonds is 1. The van der Waals surface area contributed by atoms with Crippen LogP contribution in [0.5, 0.6) is 0 Å². The number of halogens is 1. The second-order valence-corrected chi connectivity index (χ2v) is 5.20. The van der Waals surface area contributed by atoms with Crippen LogP contribution in [-0.2, 0) is 0 Å². The van der Waals surface area contributed by atoms with Gasteiger partial charge in [0.25, 0.3) is 0 Å². The zero-order chi connectivity index (χ0) is 9.97. The maximum absolute atomic E-state index is 3.41. The monoisotopic (exact) mass is 301 g/mol. The van der Waals surface area contributed by atoms with Gasteiger partial charge >= 0.3 is 0 Å². The van der Waals surface area contributed by atoms with E-state index < -0.39 is 0 Å². The minimum absolute atomic E-state index is 0.783.